The van der Waals surface area contributed by atoms with Crippen molar-refractivity contribution in [2.24, 2.45) is 7.05 Å². The van der Waals surface area contributed by atoms with Crippen LogP contribution in [0.25, 0.3) is 0 Å². The molecule has 0 atom stereocenters. The van der Waals surface area contributed by atoms with E-state index in [1.165, 1.54) is 22.5 Å². The van der Waals surface area contributed by atoms with Gasteiger partial charge in [0.1, 0.15) is 5.69 Å². The van der Waals surface area contributed by atoms with Crippen LogP contribution in [-0.4, -0.2) is 54.3 Å². The van der Waals surface area contributed by atoms with Crippen LogP contribution in [0.2, 0.25) is 10.0 Å². The van der Waals surface area contributed by atoms with E-state index in [0.29, 0.717) is 23.8 Å². The van der Waals surface area contributed by atoms with Gasteiger partial charge in [-0.1, -0.05) is 23.2 Å². The Hall–Kier alpha value is -1.54. The van der Waals surface area contributed by atoms with E-state index >= 15 is 0 Å². The van der Waals surface area contributed by atoms with Gasteiger partial charge < -0.3 is 9.47 Å². The lowest BCUT2D eigenvalue weighted by Crippen LogP contribution is -2.50. The minimum absolute atomic E-state index is 0.0981. The molecular formula is C16H17Cl2N3O3S. The number of nitrogens with zero attached hydrogens (tertiary/aromatic N) is 3. The number of carbonyl (C=O) groups is 1. The number of aryl methyl sites for hydroxylation is 1. The average molecular weight is 402 g/mol. The summed E-state index contributed by atoms with van der Waals surface area (Å²) in [6.45, 7) is 1.15. The number of amides is 1. The van der Waals surface area contributed by atoms with Gasteiger partial charge in [0, 0.05) is 39.4 Å². The largest absolute Gasteiger partial charge is 0.347 e. The first-order valence-corrected chi connectivity index (χ1v) is 9.86. The Labute approximate surface area is 156 Å². The summed E-state index contributed by atoms with van der Waals surface area (Å²) in [5.41, 5.74) is 0.584. The molecule has 1 aromatic heterocycles. The fourth-order valence-electron chi connectivity index (χ4n) is 2.76. The van der Waals surface area contributed by atoms with E-state index in [4.69, 9.17) is 23.2 Å². The molecule has 9 heteroatoms. The summed E-state index contributed by atoms with van der Waals surface area (Å²) in [6, 6.07) is 7.80. The predicted molar refractivity (Wildman–Crippen MR) is 96.5 cm³/mol. The van der Waals surface area contributed by atoms with Crippen molar-refractivity contribution in [1.82, 2.24) is 13.8 Å². The molecule has 134 valence electrons. The second-order valence-corrected chi connectivity index (χ2v) is 8.53. The molecule has 1 amide bonds. The number of aromatic nitrogens is 1. The van der Waals surface area contributed by atoms with E-state index in [2.05, 4.69) is 0 Å². The molecule has 1 aliphatic heterocycles. The summed E-state index contributed by atoms with van der Waals surface area (Å²) in [5, 5.41) is 0.499. The molecular weight excluding hydrogens is 385 g/mol. The lowest BCUT2D eigenvalue weighted by Gasteiger charge is -2.34. The van der Waals surface area contributed by atoms with Gasteiger partial charge in [-0.3, -0.25) is 4.79 Å². The van der Waals surface area contributed by atoms with Gasteiger partial charge in [0.2, 0.25) is 10.0 Å². The van der Waals surface area contributed by atoms with Crippen LogP contribution in [0.15, 0.2) is 41.4 Å². The van der Waals surface area contributed by atoms with Gasteiger partial charge in [-0.25, -0.2) is 8.42 Å². The van der Waals surface area contributed by atoms with Crippen LogP contribution in [0.3, 0.4) is 0 Å². The maximum absolute atomic E-state index is 12.7. The van der Waals surface area contributed by atoms with Gasteiger partial charge in [-0.05, 0) is 30.3 Å². The summed E-state index contributed by atoms with van der Waals surface area (Å²) < 4.78 is 28.6. The molecule has 1 aliphatic rings. The Morgan fingerprint density at radius 1 is 1.04 bits per heavy atom. The molecule has 0 saturated carbocycles. The van der Waals surface area contributed by atoms with Crippen LogP contribution in [0.1, 0.15) is 10.5 Å². The summed E-state index contributed by atoms with van der Waals surface area (Å²) in [4.78, 5) is 14.3. The molecule has 0 bridgehead atoms. The van der Waals surface area contributed by atoms with E-state index in [9.17, 15) is 13.2 Å². The number of halogens is 2. The highest BCUT2D eigenvalue weighted by Gasteiger charge is 2.31. The molecule has 0 spiro atoms. The first kappa shape index (κ1) is 18.3. The Morgan fingerprint density at radius 2 is 1.72 bits per heavy atom. The maximum Gasteiger partial charge on any atom is 0.270 e. The van der Waals surface area contributed by atoms with Gasteiger partial charge in [0.05, 0.1) is 14.9 Å². The van der Waals surface area contributed by atoms with Crippen LogP contribution in [-0.2, 0) is 17.1 Å². The summed E-state index contributed by atoms with van der Waals surface area (Å²) in [6.07, 6.45) is 1.80. The molecule has 0 aliphatic carbocycles. The van der Waals surface area contributed by atoms with Crippen molar-refractivity contribution in [3.8, 4) is 0 Å². The third-order valence-corrected chi connectivity index (χ3v) is 6.85. The van der Waals surface area contributed by atoms with Gasteiger partial charge >= 0.3 is 0 Å². The Balaban J connectivity index is 1.72. The lowest BCUT2D eigenvalue weighted by atomic mass is 10.3. The molecule has 1 fully saturated rings. The van der Waals surface area contributed by atoms with Crippen LogP contribution in [0.4, 0.5) is 0 Å². The number of piperazine rings is 1. The standard InChI is InChI=1S/C16H17Cl2N3O3S/c1-19-6-2-3-15(19)16(22)20-7-9-21(10-8-20)25(23,24)12-4-5-13(17)14(18)11-12/h2-6,11H,7-10H2,1H3. The number of sulfonamides is 1. The zero-order valence-electron chi connectivity index (χ0n) is 13.5. The molecule has 25 heavy (non-hydrogen) atoms. The van der Waals surface area contributed by atoms with Gasteiger partial charge in [0.25, 0.3) is 5.91 Å². The van der Waals surface area contributed by atoms with E-state index < -0.39 is 10.0 Å². The lowest BCUT2D eigenvalue weighted by molar-refractivity contribution is 0.0688. The van der Waals surface area contributed by atoms with Crippen molar-refractivity contribution in [2.75, 3.05) is 26.2 Å². The van der Waals surface area contributed by atoms with Gasteiger partial charge in [0.15, 0.2) is 0 Å². The maximum atomic E-state index is 12.7. The van der Waals surface area contributed by atoms with Crippen molar-refractivity contribution < 1.29 is 13.2 Å². The van der Waals surface area contributed by atoms with Crippen molar-refractivity contribution >= 4 is 39.1 Å². The molecule has 0 N–H and O–H groups in total. The van der Waals surface area contributed by atoms with Crippen molar-refractivity contribution in [2.45, 2.75) is 4.90 Å². The number of hydrogen-bond acceptors (Lipinski definition) is 3. The number of rotatable bonds is 3. The van der Waals surface area contributed by atoms with Crippen LogP contribution >= 0.6 is 23.2 Å². The summed E-state index contributed by atoms with van der Waals surface area (Å²) in [5.74, 6) is -0.0981. The molecule has 2 aromatic rings. The van der Waals surface area contributed by atoms with Crippen molar-refractivity contribution in [3.63, 3.8) is 0 Å². The number of benzene rings is 1. The second-order valence-electron chi connectivity index (χ2n) is 5.78. The molecule has 1 aromatic carbocycles. The van der Waals surface area contributed by atoms with Gasteiger partial charge in [-0.2, -0.15) is 4.31 Å². The fraction of sp³-hybridized carbons (Fsp3) is 0.312. The highest BCUT2D eigenvalue weighted by Crippen LogP contribution is 2.27. The fourth-order valence-corrected chi connectivity index (χ4v) is 4.57. The van der Waals surface area contributed by atoms with Crippen molar-refractivity contribution in [3.05, 3.63) is 52.3 Å². The first-order valence-electron chi connectivity index (χ1n) is 7.66. The van der Waals surface area contributed by atoms with Crippen molar-refractivity contribution in [1.29, 1.82) is 0 Å². The van der Waals surface area contributed by atoms with Crippen LogP contribution in [0, 0.1) is 0 Å². The SMILES string of the molecule is Cn1cccc1C(=O)N1CCN(S(=O)(=O)c2ccc(Cl)c(Cl)c2)CC1. The third kappa shape index (κ3) is 3.55. The number of carbonyl (C=O) groups excluding carboxylic acids is 1. The zero-order valence-corrected chi connectivity index (χ0v) is 15.9. The van der Waals surface area contributed by atoms with E-state index in [-0.39, 0.29) is 28.9 Å². The molecule has 0 unspecified atom stereocenters. The van der Waals surface area contributed by atoms with E-state index in [1.807, 2.05) is 0 Å². The van der Waals surface area contributed by atoms with Crippen LogP contribution < -0.4 is 0 Å². The minimum Gasteiger partial charge on any atom is -0.347 e. The first-order chi connectivity index (χ1) is 11.8. The molecule has 2 heterocycles. The third-order valence-electron chi connectivity index (χ3n) is 4.22. The Morgan fingerprint density at radius 3 is 2.28 bits per heavy atom. The normalized spacial score (nSPS) is 16.2. The molecule has 0 radical (unpaired) electrons. The van der Waals surface area contributed by atoms with E-state index in [1.54, 1.807) is 34.8 Å². The monoisotopic (exact) mass is 401 g/mol. The average Bonchev–Trinajstić information content (AvgIpc) is 3.02. The highest BCUT2D eigenvalue weighted by molar-refractivity contribution is 7.89. The molecule has 3 rings (SSSR count). The number of hydrogen-bond donors (Lipinski definition) is 0. The van der Waals surface area contributed by atoms with Gasteiger partial charge in [-0.15, -0.1) is 0 Å². The smallest absolute Gasteiger partial charge is 0.270 e. The highest BCUT2D eigenvalue weighted by atomic mass is 35.5. The molecule has 1 saturated heterocycles. The van der Waals surface area contributed by atoms with Crippen LogP contribution in [0.5, 0.6) is 0 Å². The molecule has 6 nitrogen and oxygen atoms in total. The van der Waals surface area contributed by atoms with E-state index in [0.717, 1.165) is 0 Å². The summed E-state index contributed by atoms with van der Waals surface area (Å²) in [7, 11) is -1.86. The Kier molecular flexibility index (Phi) is 5.11. The quantitative estimate of drug-likeness (QED) is 0.793. The predicted octanol–water partition coefficient (Wildman–Crippen LogP) is 2.48. The zero-order chi connectivity index (χ0) is 18.2. The Bertz CT molecular complexity index is 903. The second kappa shape index (κ2) is 6.99. The summed E-state index contributed by atoms with van der Waals surface area (Å²) >= 11 is 11.8. The minimum atomic E-state index is -3.67. The topological polar surface area (TPSA) is 62.6 Å².